The van der Waals surface area contributed by atoms with Gasteiger partial charge in [-0.25, -0.2) is 0 Å². The number of benzene rings is 1. The molecule has 2 N–H and O–H groups in total. The summed E-state index contributed by atoms with van der Waals surface area (Å²) in [5.74, 6) is 0.573. The van der Waals surface area contributed by atoms with Gasteiger partial charge in [0, 0.05) is 6.20 Å². The molecule has 1 unspecified atom stereocenters. The summed E-state index contributed by atoms with van der Waals surface area (Å²) in [6.45, 7) is 4.41. The lowest BCUT2D eigenvalue weighted by molar-refractivity contribution is 0.696. The third kappa shape index (κ3) is 3.17. The lowest BCUT2D eigenvalue weighted by Crippen LogP contribution is -2.14. The van der Waals surface area contributed by atoms with Crippen molar-refractivity contribution in [3.05, 3.63) is 65.5 Å². The minimum Gasteiger partial charge on any atom is -0.322 e. The second-order valence-corrected chi connectivity index (χ2v) is 4.96. The number of aromatic nitrogens is 1. The zero-order chi connectivity index (χ0) is 13.0. The molecule has 2 heteroatoms. The molecule has 2 rings (SSSR count). The van der Waals surface area contributed by atoms with E-state index in [1.165, 1.54) is 11.1 Å². The Hall–Kier alpha value is -1.67. The van der Waals surface area contributed by atoms with Crippen LogP contribution in [0.2, 0.25) is 0 Å². The maximum absolute atomic E-state index is 6.16. The highest BCUT2D eigenvalue weighted by Crippen LogP contribution is 2.18. The van der Waals surface area contributed by atoms with E-state index in [2.05, 4.69) is 43.1 Å². The van der Waals surface area contributed by atoms with Gasteiger partial charge in [-0.05, 0) is 35.6 Å². The molecular weight excluding hydrogens is 220 g/mol. The maximum Gasteiger partial charge on any atom is 0.0574 e. The Morgan fingerprint density at radius 1 is 1.06 bits per heavy atom. The van der Waals surface area contributed by atoms with Gasteiger partial charge in [0.25, 0.3) is 0 Å². The highest BCUT2D eigenvalue weighted by atomic mass is 14.8. The lowest BCUT2D eigenvalue weighted by atomic mass is 9.98. The molecule has 0 aliphatic rings. The predicted molar refractivity (Wildman–Crippen MR) is 75.4 cm³/mol. The van der Waals surface area contributed by atoms with Crippen LogP contribution >= 0.6 is 0 Å². The first-order valence-corrected chi connectivity index (χ1v) is 6.42. The first kappa shape index (κ1) is 12.8. The quantitative estimate of drug-likeness (QED) is 0.889. The average molecular weight is 240 g/mol. The van der Waals surface area contributed by atoms with E-state index in [0.717, 1.165) is 12.1 Å². The van der Waals surface area contributed by atoms with Crippen molar-refractivity contribution in [1.82, 2.24) is 4.98 Å². The van der Waals surface area contributed by atoms with E-state index in [-0.39, 0.29) is 6.04 Å². The van der Waals surface area contributed by atoms with E-state index in [9.17, 15) is 0 Å². The molecule has 0 aliphatic heterocycles. The minimum absolute atomic E-state index is 0.0314. The summed E-state index contributed by atoms with van der Waals surface area (Å²) in [5.41, 5.74) is 9.74. The Morgan fingerprint density at radius 3 is 2.33 bits per heavy atom. The van der Waals surface area contributed by atoms with E-state index in [1.54, 1.807) is 6.20 Å². The molecule has 1 aromatic carbocycles. The van der Waals surface area contributed by atoms with Crippen molar-refractivity contribution in [3.8, 4) is 0 Å². The lowest BCUT2D eigenvalue weighted by Gasteiger charge is -2.12. The molecule has 94 valence electrons. The first-order valence-electron chi connectivity index (χ1n) is 6.42. The molecular formula is C16H20N2. The standard InChI is InChI=1S/C16H20N2/c1-12(2)14-8-6-13(7-9-14)11-15(17)16-5-3-4-10-18-16/h3-10,12,15H,11,17H2,1-2H3. The van der Waals surface area contributed by atoms with Gasteiger partial charge >= 0.3 is 0 Å². The second-order valence-electron chi connectivity index (χ2n) is 4.96. The van der Waals surface area contributed by atoms with Crippen molar-refractivity contribution in [2.75, 3.05) is 0 Å². The summed E-state index contributed by atoms with van der Waals surface area (Å²) < 4.78 is 0. The monoisotopic (exact) mass is 240 g/mol. The van der Waals surface area contributed by atoms with Crippen molar-refractivity contribution in [3.63, 3.8) is 0 Å². The molecule has 18 heavy (non-hydrogen) atoms. The van der Waals surface area contributed by atoms with Gasteiger partial charge < -0.3 is 5.73 Å². The first-order chi connectivity index (χ1) is 8.66. The molecule has 0 radical (unpaired) electrons. The maximum atomic E-state index is 6.16. The summed E-state index contributed by atoms with van der Waals surface area (Å²) in [6, 6.07) is 14.5. The van der Waals surface area contributed by atoms with Gasteiger partial charge in [-0.3, -0.25) is 4.98 Å². The van der Waals surface area contributed by atoms with Crippen LogP contribution in [-0.4, -0.2) is 4.98 Å². The summed E-state index contributed by atoms with van der Waals surface area (Å²) in [4.78, 5) is 4.30. The topological polar surface area (TPSA) is 38.9 Å². The summed E-state index contributed by atoms with van der Waals surface area (Å²) >= 11 is 0. The van der Waals surface area contributed by atoms with Gasteiger partial charge in [0.2, 0.25) is 0 Å². The molecule has 1 atom stereocenters. The fraction of sp³-hybridized carbons (Fsp3) is 0.312. The molecule has 0 saturated heterocycles. The van der Waals surface area contributed by atoms with Crippen molar-refractivity contribution in [2.45, 2.75) is 32.2 Å². The molecule has 2 aromatic rings. The second kappa shape index (κ2) is 5.78. The van der Waals surface area contributed by atoms with Crippen molar-refractivity contribution < 1.29 is 0 Å². The Labute approximate surface area is 109 Å². The van der Waals surface area contributed by atoms with Crippen LogP contribution in [0.25, 0.3) is 0 Å². The fourth-order valence-corrected chi connectivity index (χ4v) is 1.99. The van der Waals surface area contributed by atoms with Crippen LogP contribution in [0.15, 0.2) is 48.7 Å². The molecule has 0 saturated carbocycles. The number of hydrogen-bond acceptors (Lipinski definition) is 2. The highest BCUT2D eigenvalue weighted by molar-refractivity contribution is 5.26. The van der Waals surface area contributed by atoms with Crippen LogP contribution < -0.4 is 5.73 Å². The van der Waals surface area contributed by atoms with Gasteiger partial charge in [0.15, 0.2) is 0 Å². The predicted octanol–water partition coefficient (Wildman–Crippen LogP) is 3.45. The summed E-state index contributed by atoms with van der Waals surface area (Å²) in [7, 11) is 0. The van der Waals surface area contributed by atoms with Crippen LogP contribution in [0.4, 0.5) is 0 Å². The van der Waals surface area contributed by atoms with Gasteiger partial charge in [-0.15, -0.1) is 0 Å². The van der Waals surface area contributed by atoms with Crippen LogP contribution in [0.1, 0.15) is 42.6 Å². The van der Waals surface area contributed by atoms with E-state index in [4.69, 9.17) is 5.73 Å². The molecule has 1 aromatic heterocycles. The largest absolute Gasteiger partial charge is 0.322 e. The van der Waals surface area contributed by atoms with Crippen LogP contribution in [-0.2, 0) is 6.42 Å². The molecule has 0 aliphatic carbocycles. The van der Waals surface area contributed by atoms with Gasteiger partial charge in [0.1, 0.15) is 0 Å². The fourth-order valence-electron chi connectivity index (χ4n) is 1.99. The SMILES string of the molecule is CC(C)c1ccc(CC(N)c2ccccn2)cc1. The smallest absolute Gasteiger partial charge is 0.0574 e. The Kier molecular flexibility index (Phi) is 4.11. The van der Waals surface area contributed by atoms with Crippen LogP contribution in [0, 0.1) is 0 Å². The highest BCUT2D eigenvalue weighted by Gasteiger charge is 2.08. The molecule has 2 nitrogen and oxygen atoms in total. The Morgan fingerprint density at radius 2 is 1.78 bits per heavy atom. The van der Waals surface area contributed by atoms with Crippen molar-refractivity contribution in [1.29, 1.82) is 0 Å². The van der Waals surface area contributed by atoms with Gasteiger partial charge in [-0.1, -0.05) is 44.2 Å². The Balaban J connectivity index is 2.05. The minimum atomic E-state index is -0.0314. The van der Waals surface area contributed by atoms with E-state index < -0.39 is 0 Å². The molecule has 0 fully saturated rings. The summed E-state index contributed by atoms with van der Waals surface area (Å²) in [5, 5.41) is 0. The summed E-state index contributed by atoms with van der Waals surface area (Å²) in [6.07, 6.45) is 2.62. The normalized spacial score (nSPS) is 12.7. The van der Waals surface area contributed by atoms with E-state index in [1.807, 2.05) is 18.2 Å². The number of nitrogens with two attached hydrogens (primary N) is 1. The Bertz CT molecular complexity index is 474. The number of rotatable bonds is 4. The zero-order valence-electron chi connectivity index (χ0n) is 11.0. The van der Waals surface area contributed by atoms with Crippen LogP contribution in [0.3, 0.4) is 0 Å². The van der Waals surface area contributed by atoms with Crippen LogP contribution in [0.5, 0.6) is 0 Å². The third-order valence-electron chi connectivity index (χ3n) is 3.17. The van der Waals surface area contributed by atoms with E-state index in [0.29, 0.717) is 5.92 Å². The number of hydrogen-bond donors (Lipinski definition) is 1. The van der Waals surface area contributed by atoms with E-state index >= 15 is 0 Å². The number of nitrogens with zero attached hydrogens (tertiary/aromatic N) is 1. The molecule has 0 spiro atoms. The molecule has 0 bridgehead atoms. The molecule has 1 heterocycles. The zero-order valence-corrected chi connectivity index (χ0v) is 11.0. The number of pyridine rings is 1. The van der Waals surface area contributed by atoms with Crippen molar-refractivity contribution >= 4 is 0 Å². The van der Waals surface area contributed by atoms with Crippen molar-refractivity contribution in [2.24, 2.45) is 5.73 Å². The molecule has 0 amide bonds. The third-order valence-corrected chi connectivity index (χ3v) is 3.17. The van der Waals surface area contributed by atoms with Gasteiger partial charge in [0.05, 0.1) is 11.7 Å². The van der Waals surface area contributed by atoms with Gasteiger partial charge in [-0.2, -0.15) is 0 Å². The average Bonchev–Trinajstić information content (AvgIpc) is 2.40.